The van der Waals surface area contributed by atoms with Crippen LogP contribution in [-0.2, 0) is 0 Å². The zero-order valence-corrected chi connectivity index (χ0v) is 13.2. The van der Waals surface area contributed by atoms with E-state index in [0.29, 0.717) is 10.0 Å². The molecule has 2 aromatic carbocycles. The number of non-ortho nitro benzene ring substituents is 1. The summed E-state index contributed by atoms with van der Waals surface area (Å²) in [4.78, 5) is 22.5. The van der Waals surface area contributed by atoms with Gasteiger partial charge in [0.2, 0.25) is 0 Å². The molecule has 21 heavy (non-hydrogen) atoms. The molecule has 0 atom stereocenters. The van der Waals surface area contributed by atoms with Gasteiger partial charge in [-0.15, -0.1) is 0 Å². The normalized spacial score (nSPS) is 10.2. The van der Waals surface area contributed by atoms with Crippen molar-refractivity contribution in [3.63, 3.8) is 0 Å². The highest BCUT2D eigenvalue weighted by Gasteiger charge is 2.15. The minimum absolute atomic E-state index is 0.141. The number of carbonyl (C=O) groups is 1. The monoisotopic (exact) mass is 368 g/mol. The van der Waals surface area contributed by atoms with Gasteiger partial charge in [0, 0.05) is 16.6 Å². The van der Waals surface area contributed by atoms with Crippen molar-refractivity contribution in [2.45, 2.75) is 6.92 Å². The average Bonchev–Trinajstić information content (AvgIpc) is 2.43. The van der Waals surface area contributed by atoms with E-state index >= 15 is 0 Å². The maximum absolute atomic E-state index is 12.3. The van der Waals surface area contributed by atoms with E-state index in [2.05, 4.69) is 21.2 Å². The first kappa shape index (κ1) is 15.5. The van der Waals surface area contributed by atoms with Crippen LogP contribution in [0.2, 0.25) is 5.02 Å². The highest BCUT2D eigenvalue weighted by atomic mass is 79.9. The van der Waals surface area contributed by atoms with Crippen molar-refractivity contribution in [2.75, 3.05) is 5.32 Å². The maximum Gasteiger partial charge on any atom is 0.271 e. The number of anilines is 1. The van der Waals surface area contributed by atoms with Crippen molar-refractivity contribution in [1.29, 1.82) is 0 Å². The fourth-order valence-electron chi connectivity index (χ4n) is 1.73. The molecule has 0 radical (unpaired) electrons. The molecule has 0 bridgehead atoms. The van der Waals surface area contributed by atoms with Crippen LogP contribution in [0, 0.1) is 17.0 Å². The molecular weight excluding hydrogens is 360 g/mol. The molecule has 2 aromatic rings. The fourth-order valence-corrected chi connectivity index (χ4v) is 2.32. The van der Waals surface area contributed by atoms with Crippen LogP contribution in [0.1, 0.15) is 15.9 Å². The molecule has 0 saturated carbocycles. The first-order chi connectivity index (χ1) is 9.88. The average molecular weight is 370 g/mol. The van der Waals surface area contributed by atoms with Gasteiger partial charge in [-0.3, -0.25) is 14.9 Å². The zero-order valence-electron chi connectivity index (χ0n) is 10.9. The summed E-state index contributed by atoms with van der Waals surface area (Å²) in [5, 5.41) is 13.6. The van der Waals surface area contributed by atoms with Crippen molar-refractivity contribution < 1.29 is 9.72 Å². The predicted molar refractivity (Wildman–Crippen MR) is 84.9 cm³/mol. The Morgan fingerprint density at radius 1 is 1.29 bits per heavy atom. The number of rotatable bonds is 3. The summed E-state index contributed by atoms with van der Waals surface area (Å²) in [5.74, 6) is -0.395. The van der Waals surface area contributed by atoms with Gasteiger partial charge in [0.1, 0.15) is 0 Å². The topological polar surface area (TPSA) is 72.2 Å². The third-order valence-electron chi connectivity index (χ3n) is 2.78. The molecule has 0 fully saturated rings. The third kappa shape index (κ3) is 3.59. The standard InChI is InChI=1S/C14H10BrClN2O3/c1-8-2-4-11(15)10(6-8)14(19)17-13-7-9(18(20)21)3-5-12(13)16/h2-7H,1H3,(H,17,19). The Bertz CT molecular complexity index is 734. The van der Waals surface area contributed by atoms with E-state index in [1.54, 1.807) is 12.1 Å². The second kappa shape index (κ2) is 6.24. The molecule has 2 rings (SSSR count). The van der Waals surface area contributed by atoms with Crippen LogP contribution >= 0.6 is 27.5 Å². The fraction of sp³-hybridized carbons (Fsp3) is 0.0714. The van der Waals surface area contributed by atoms with Crippen molar-refractivity contribution >= 4 is 44.8 Å². The number of benzene rings is 2. The number of halogens is 2. The van der Waals surface area contributed by atoms with Gasteiger partial charge < -0.3 is 5.32 Å². The lowest BCUT2D eigenvalue weighted by atomic mass is 10.1. The Kier molecular flexibility index (Phi) is 4.59. The van der Waals surface area contributed by atoms with Crippen LogP contribution in [-0.4, -0.2) is 10.8 Å². The van der Waals surface area contributed by atoms with E-state index in [4.69, 9.17) is 11.6 Å². The number of aryl methyl sites for hydroxylation is 1. The summed E-state index contributed by atoms with van der Waals surface area (Å²) in [6.45, 7) is 1.86. The second-order valence-corrected chi connectivity index (χ2v) is 5.62. The number of carbonyl (C=O) groups excluding carboxylic acids is 1. The summed E-state index contributed by atoms with van der Waals surface area (Å²) in [6, 6.07) is 9.22. The summed E-state index contributed by atoms with van der Waals surface area (Å²) >= 11 is 9.25. The van der Waals surface area contributed by atoms with Crippen LogP contribution in [0.4, 0.5) is 11.4 Å². The van der Waals surface area contributed by atoms with Gasteiger partial charge in [0.15, 0.2) is 0 Å². The molecule has 1 N–H and O–H groups in total. The zero-order chi connectivity index (χ0) is 15.6. The lowest BCUT2D eigenvalue weighted by Crippen LogP contribution is -2.13. The molecule has 7 heteroatoms. The third-order valence-corrected chi connectivity index (χ3v) is 3.80. The van der Waals surface area contributed by atoms with Crippen molar-refractivity contribution in [2.24, 2.45) is 0 Å². The van der Waals surface area contributed by atoms with E-state index in [-0.39, 0.29) is 16.4 Å². The smallest absolute Gasteiger partial charge is 0.271 e. The van der Waals surface area contributed by atoms with Crippen molar-refractivity contribution in [3.05, 3.63) is 67.1 Å². The molecule has 0 heterocycles. The highest BCUT2D eigenvalue weighted by molar-refractivity contribution is 9.10. The van der Waals surface area contributed by atoms with Crippen LogP contribution in [0.5, 0.6) is 0 Å². The quantitative estimate of drug-likeness (QED) is 0.636. The number of nitro groups is 1. The molecule has 0 aromatic heterocycles. The van der Waals surface area contributed by atoms with Gasteiger partial charge >= 0.3 is 0 Å². The van der Waals surface area contributed by atoms with Gasteiger partial charge in [-0.2, -0.15) is 0 Å². The lowest BCUT2D eigenvalue weighted by Gasteiger charge is -2.09. The van der Waals surface area contributed by atoms with E-state index in [9.17, 15) is 14.9 Å². The number of hydrogen-bond donors (Lipinski definition) is 1. The van der Waals surface area contributed by atoms with E-state index in [1.165, 1.54) is 18.2 Å². The number of nitrogens with one attached hydrogen (secondary N) is 1. The van der Waals surface area contributed by atoms with Gasteiger partial charge in [0.25, 0.3) is 11.6 Å². The van der Waals surface area contributed by atoms with Crippen molar-refractivity contribution in [1.82, 2.24) is 0 Å². The maximum atomic E-state index is 12.3. The number of amides is 1. The predicted octanol–water partition coefficient (Wildman–Crippen LogP) is 4.57. The van der Waals surface area contributed by atoms with Gasteiger partial charge in [0.05, 0.1) is 21.2 Å². The first-order valence-corrected chi connectivity index (χ1v) is 7.07. The van der Waals surface area contributed by atoms with Crippen LogP contribution in [0.25, 0.3) is 0 Å². The van der Waals surface area contributed by atoms with E-state index in [0.717, 1.165) is 5.56 Å². The highest BCUT2D eigenvalue weighted by Crippen LogP contribution is 2.28. The summed E-state index contributed by atoms with van der Waals surface area (Å²) in [6.07, 6.45) is 0. The van der Waals surface area contributed by atoms with E-state index in [1.807, 2.05) is 13.0 Å². The SMILES string of the molecule is Cc1ccc(Br)c(C(=O)Nc2cc([N+](=O)[O-])ccc2Cl)c1. The molecule has 0 saturated heterocycles. The molecular formula is C14H10BrClN2O3. The Morgan fingerprint density at radius 3 is 2.67 bits per heavy atom. The minimum atomic E-state index is -0.547. The molecule has 1 amide bonds. The molecule has 0 aliphatic heterocycles. The minimum Gasteiger partial charge on any atom is -0.320 e. The summed E-state index contributed by atoms with van der Waals surface area (Å²) < 4.78 is 0.632. The molecule has 0 unspecified atom stereocenters. The molecule has 5 nitrogen and oxygen atoms in total. The van der Waals surface area contributed by atoms with Crippen LogP contribution < -0.4 is 5.32 Å². The number of nitrogens with zero attached hydrogens (tertiary/aromatic N) is 1. The Morgan fingerprint density at radius 2 is 2.00 bits per heavy atom. The Balaban J connectivity index is 2.33. The largest absolute Gasteiger partial charge is 0.320 e. The van der Waals surface area contributed by atoms with Gasteiger partial charge in [-0.25, -0.2) is 0 Å². The summed E-state index contributed by atoms with van der Waals surface area (Å²) in [7, 11) is 0. The first-order valence-electron chi connectivity index (χ1n) is 5.90. The van der Waals surface area contributed by atoms with Crippen molar-refractivity contribution in [3.8, 4) is 0 Å². The number of hydrogen-bond acceptors (Lipinski definition) is 3. The van der Waals surface area contributed by atoms with Gasteiger partial charge in [-0.05, 0) is 41.1 Å². The summed E-state index contributed by atoms with van der Waals surface area (Å²) in [5.41, 5.74) is 1.41. The molecule has 0 spiro atoms. The number of nitro benzene ring substituents is 1. The lowest BCUT2D eigenvalue weighted by molar-refractivity contribution is -0.384. The second-order valence-electron chi connectivity index (χ2n) is 4.36. The van der Waals surface area contributed by atoms with Gasteiger partial charge in [-0.1, -0.05) is 23.2 Å². The van der Waals surface area contributed by atoms with E-state index < -0.39 is 10.8 Å². The Hall–Kier alpha value is -1.92. The molecule has 0 aliphatic carbocycles. The van der Waals surface area contributed by atoms with Crippen LogP contribution in [0.3, 0.4) is 0 Å². The van der Waals surface area contributed by atoms with Crippen LogP contribution in [0.15, 0.2) is 40.9 Å². The Labute approximate surface area is 134 Å². The molecule has 108 valence electrons. The molecule has 0 aliphatic rings.